The van der Waals surface area contributed by atoms with Crippen molar-refractivity contribution >= 4 is 40.7 Å². The van der Waals surface area contributed by atoms with Gasteiger partial charge in [0.15, 0.2) is 0 Å². The minimum atomic E-state index is -0.943. The van der Waals surface area contributed by atoms with Gasteiger partial charge < -0.3 is 5.32 Å². The molecular weight excluding hydrogens is 275 g/mol. The van der Waals surface area contributed by atoms with Gasteiger partial charge in [-0.15, -0.1) is 0 Å². The van der Waals surface area contributed by atoms with E-state index in [1.54, 1.807) is 32.0 Å². The largest absolute Gasteiger partial charge is 0.341 e. The van der Waals surface area contributed by atoms with E-state index in [0.29, 0.717) is 15.7 Å². The fourth-order valence-corrected chi connectivity index (χ4v) is 2.27. The average molecular weight is 287 g/mol. The smallest absolute Gasteiger partial charge is 0.252 e. The Hall–Kier alpha value is -1.26. The first-order valence-electron chi connectivity index (χ1n) is 5.39. The highest BCUT2D eigenvalue weighted by Crippen LogP contribution is 2.31. The molecule has 1 aromatic carbocycles. The number of piperazine rings is 1. The van der Waals surface area contributed by atoms with Crippen molar-refractivity contribution in [1.82, 2.24) is 5.32 Å². The molecule has 0 aromatic heterocycles. The van der Waals surface area contributed by atoms with Crippen molar-refractivity contribution in [3.8, 4) is 0 Å². The van der Waals surface area contributed by atoms with Crippen LogP contribution in [0.15, 0.2) is 18.2 Å². The Labute approximate surface area is 115 Å². The highest BCUT2D eigenvalue weighted by Gasteiger charge is 2.40. The SMILES string of the molecule is CC1(C)NC(=O)CN(c2cc(Cl)ccc2Cl)C1=O. The molecule has 18 heavy (non-hydrogen) atoms. The Bertz CT molecular complexity index is 529. The van der Waals surface area contributed by atoms with Gasteiger partial charge in [-0.25, -0.2) is 0 Å². The number of amides is 2. The summed E-state index contributed by atoms with van der Waals surface area (Å²) in [6, 6.07) is 4.81. The Kier molecular flexibility index (Phi) is 3.25. The van der Waals surface area contributed by atoms with Crippen molar-refractivity contribution in [3.63, 3.8) is 0 Å². The Morgan fingerprint density at radius 2 is 1.94 bits per heavy atom. The summed E-state index contributed by atoms with van der Waals surface area (Å²) in [6.45, 7) is 3.25. The summed E-state index contributed by atoms with van der Waals surface area (Å²) in [5, 5.41) is 3.48. The quantitative estimate of drug-likeness (QED) is 0.861. The third kappa shape index (κ3) is 2.31. The molecular formula is C12H12Cl2N2O2. The number of nitrogens with one attached hydrogen (secondary N) is 1. The second kappa shape index (κ2) is 4.44. The number of hydrogen-bond donors (Lipinski definition) is 1. The van der Waals surface area contributed by atoms with Gasteiger partial charge in [-0.3, -0.25) is 14.5 Å². The third-order valence-electron chi connectivity index (χ3n) is 2.73. The monoisotopic (exact) mass is 286 g/mol. The molecule has 1 aromatic rings. The van der Waals surface area contributed by atoms with Crippen LogP contribution in [0.1, 0.15) is 13.8 Å². The van der Waals surface area contributed by atoms with E-state index in [2.05, 4.69) is 5.32 Å². The molecule has 1 aliphatic heterocycles. The molecule has 4 nitrogen and oxygen atoms in total. The number of nitrogens with zero attached hydrogens (tertiary/aromatic N) is 1. The maximum atomic E-state index is 12.3. The van der Waals surface area contributed by atoms with Crippen LogP contribution in [0, 0.1) is 0 Å². The maximum absolute atomic E-state index is 12.3. The summed E-state index contributed by atoms with van der Waals surface area (Å²) in [5.74, 6) is -0.443. The van der Waals surface area contributed by atoms with Crippen molar-refractivity contribution < 1.29 is 9.59 Å². The van der Waals surface area contributed by atoms with Crippen LogP contribution in [-0.2, 0) is 9.59 Å². The summed E-state index contributed by atoms with van der Waals surface area (Å²) >= 11 is 11.9. The highest BCUT2D eigenvalue weighted by atomic mass is 35.5. The number of carbonyl (C=O) groups excluding carboxylic acids is 2. The molecule has 1 aliphatic rings. The van der Waals surface area contributed by atoms with Crippen molar-refractivity contribution in [2.45, 2.75) is 19.4 Å². The fourth-order valence-electron chi connectivity index (χ4n) is 1.88. The zero-order valence-corrected chi connectivity index (χ0v) is 11.5. The lowest BCUT2D eigenvalue weighted by molar-refractivity contribution is -0.134. The van der Waals surface area contributed by atoms with Gasteiger partial charge in [-0.05, 0) is 32.0 Å². The molecule has 2 rings (SSSR count). The van der Waals surface area contributed by atoms with Crippen molar-refractivity contribution in [3.05, 3.63) is 28.2 Å². The first kappa shape index (κ1) is 13.2. The van der Waals surface area contributed by atoms with E-state index in [1.165, 1.54) is 4.90 Å². The molecule has 1 saturated heterocycles. The van der Waals surface area contributed by atoms with E-state index in [0.717, 1.165) is 0 Å². The van der Waals surface area contributed by atoms with Crippen LogP contribution in [0.4, 0.5) is 5.69 Å². The van der Waals surface area contributed by atoms with Gasteiger partial charge in [0.25, 0.3) is 5.91 Å². The predicted octanol–water partition coefficient (Wildman–Crippen LogP) is 2.23. The molecule has 2 amide bonds. The van der Waals surface area contributed by atoms with E-state index in [1.807, 2.05) is 0 Å². The number of benzene rings is 1. The van der Waals surface area contributed by atoms with Crippen molar-refractivity contribution in [1.29, 1.82) is 0 Å². The highest BCUT2D eigenvalue weighted by molar-refractivity contribution is 6.36. The molecule has 0 saturated carbocycles. The molecule has 1 N–H and O–H groups in total. The van der Waals surface area contributed by atoms with Crippen LogP contribution in [0.5, 0.6) is 0 Å². The van der Waals surface area contributed by atoms with E-state index in [4.69, 9.17) is 23.2 Å². The molecule has 0 unspecified atom stereocenters. The van der Waals surface area contributed by atoms with Crippen LogP contribution < -0.4 is 10.2 Å². The Morgan fingerprint density at radius 3 is 2.61 bits per heavy atom. The number of hydrogen-bond acceptors (Lipinski definition) is 2. The van der Waals surface area contributed by atoms with E-state index in [9.17, 15) is 9.59 Å². The molecule has 0 atom stereocenters. The first-order chi connectivity index (χ1) is 8.31. The lowest BCUT2D eigenvalue weighted by Crippen LogP contribution is -2.64. The van der Waals surface area contributed by atoms with Crippen LogP contribution in [0.2, 0.25) is 10.0 Å². The minimum Gasteiger partial charge on any atom is -0.341 e. The molecule has 96 valence electrons. The van der Waals surface area contributed by atoms with Crippen LogP contribution >= 0.6 is 23.2 Å². The first-order valence-corrected chi connectivity index (χ1v) is 6.15. The predicted molar refractivity (Wildman–Crippen MR) is 71.0 cm³/mol. The van der Waals surface area contributed by atoms with Gasteiger partial charge in [0, 0.05) is 5.02 Å². The summed E-state index contributed by atoms with van der Waals surface area (Å²) in [4.78, 5) is 25.2. The van der Waals surface area contributed by atoms with Crippen molar-refractivity contribution in [2.75, 3.05) is 11.4 Å². The van der Waals surface area contributed by atoms with E-state index in [-0.39, 0.29) is 18.4 Å². The van der Waals surface area contributed by atoms with Gasteiger partial charge in [0.05, 0.1) is 10.7 Å². The summed E-state index contributed by atoms with van der Waals surface area (Å²) < 4.78 is 0. The molecule has 0 spiro atoms. The maximum Gasteiger partial charge on any atom is 0.252 e. The Morgan fingerprint density at radius 1 is 1.28 bits per heavy atom. The third-order valence-corrected chi connectivity index (χ3v) is 3.29. The van der Waals surface area contributed by atoms with Crippen LogP contribution in [0.25, 0.3) is 0 Å². The van der Waals surface area contributed by atoms with E-state index < -0.39 is 5.54 Å². The molecule has 6 heteroatoms. The minimum absolute atomic E-state index is 0.0532. The Balaban J connectivity index is 2.46. The topological polar surface area (TPSA) is 49.4 Å². The summed E-state index contributed by atoms with van der Waals surface area (Å²) in [6.07, 6.45) is 0. The van der Waals surface area contributed by atoms with Crippen LogP contribution in [0.3, 0.4) is 0 Å². The number of anilines is 1. The summed E-state index contributed by atoms with van der Waals surface area (Å²) in [5.41, 5.74) is -0.488. The van der Waals surface area contributed by atoms with Crippen LogP contribution in [-0.4, -0.2) is 23.9 Å². The normalized spacial score (nSPS) is 18.8. The zero-order valence-electron chi connectivity index (χ0n) is 9.96. The summed E-state index contributed by atoms with van der Waals surface area (Å²) in [7, 11) is 0. The standard InChI is InChI=1S/C12H12Cl2N2O2/c1-12(2)11(18)16(6-10(17)15-12)9-5-7(13)3-4-8(9)14/h3-5H,6H2,1-2H3,(H,15,17). The molecule has 0 bridgehead atoms. The van der Waals surface area contributed by atoms with Crippen molar-refractivity contribution in [2.24, 2.45) is 0 Å². The molecule has 0 radical (unpaired) electrons. The van der Waals surface area contributed by atoms with Gasteiger partial charge >= 0.3 is 0 Å². The second-order valence-electron chi connectivity index (χ2n) is 4.66. The van der Waals surface area contributed by atoms with Gasteiger partial charge in [-0.1, -0.05) is 23.2 Å². The molecule has 1 fully saturated rings. The van der Waals surface area contributed by atoms with E-state index >= 15 is 0 Å². The number of halogens is 2. The zero-order chi connectivity index (χ0) is 13.5. The number of rotatable bonds is 1. The molecule has 0 aliphatic carbocycles. The van der Waals surface area contributed by atoms with Gasteiger partial charge in [0.2, 0.25) is 5.91 Å². The molecule has 1 heterocycles. The second-order valence-corrected chi connectivity index (χ2v) is 5.50. The van der Waals surface area contributed by atoms with Gasteiger partial charge in [0.1, 0.15) is 12.1 Å². The van der Waals surface area contributed by atoms with Gasteiger partial charge in [-0.2, -0.15) is 0 Å². The lowest BCUT2D eigenvalue weighted by atomic mass is 10.00. The average Bonchev–Trinajstić information content (AvgIpc) is 2.26. The lowest BCUT2D eigenvalue weighted by Gasteiger charge is -2.37. The fraction of sp³-hybridized carbons (Fsp3) is 0.333. The number of carbonyl (C=O) groups is 2.